The van der Waals surface area contributed by atoms with E-state index in [-0.39, 0.29) is 0 Å². The number of nitrogens with zero attached hydrogens (tertiary/aromatic N) is 2. The van der Waals surface area contributed by atoms with E-state index in [1.807, 2.05) is 6.33 Å². The molecular formula is C13H24N4. The van der Waals surface area contributed by atoms with Crippen LogP contribution in [0.15, 0.2) is 12.5 Å². The fourth-order valence-electron chi connectivity index (χ4n) is 2.50. The average molecular weight is 236 g/mol. The number of hydrogen-bond donors (Lipinski definition) is 2. The number of imidazole rings is 1. The van der Waals surface area contributed by atoms with Crippen LogP contribution >= 0.6 is 0 Å². The molecule has 1 aromatic heterocycles. The second kappa shape index (κ2) is 6.77. The molecule has 0 bridgehead atoms. The number of nitrogens with two attached hydrogens (primary N) is 1. The maximum atomic E-state index is 5.51. The highest BCUT2D eigenvalue weighted by molar-refractivity contribution is 4.96. The van der Waals surface area contributed by atoms with Crippen LogP contribution in [-0.2, 0) is 13.1 Å². The molecule has 0 spiro atoms. The highest BCUT2D eigenvalue weighted by Crippen LogP contribution is 2.17. The molecule has 0 amide bonds. The van der Waals surface area contributed by atoms with Crippen molar-refractivity contribution in [2.75, 3.05) is 6.54 Å². The van der Waals surface area contributed by atoms with Crippen molar-refractivity contribution >= 4 is 0 Å². The van der Waals surface area contributed by atoms with E-state index in [0.717, 1.165) is 18.8 Å². The van der Waals surface area contributed by atoms with Crippen LogP contribution in [0.1, 0.15) is 44.2 Å². The standard InChI is InChI=1S/C13H24N4/c14-7-8-17-10-13(16-11-17)9-15-12-5-3-1-2-4-6-12/h10-12,15H,1-9,14H2. The van der Waals surface area contributed by atoms with Crippen LogP contribution in [0.5, 0.6) is 0 Å². The number of aromatic nitrogens is 2. The Kier molecular flexibility index (Phi) is 5.01. The van der Waals surface area contributed by atoms with Crippen LogP contribution in [0.25, 0.3) is 0 Å². The van der Waals surface area contributed by atoms with Crippen molar-refractivity contribution in [1.29, 1.82) is 0 Å². The third-order valence-corrected chi connectivity index (χ3v) is 3.50. The summed E-state index contributed by atoms with van der Waals surface area (Å²) in [7, 11) is 0. The molecular weight excluding hydrogens is 212 g/mol. The minimum Gasteiger partial charge on any atom is -0.336 e. The molecule has 3 N–H and O–H groups in total. The molecule has 1 aromatic rings. The summed E-state index contributed by atoms with van der Waals surface area (Å²) in [6, 6.07) is 0.692. The van der Waals surface area contributed by atoms with Crippen molar-refractivity contribution in [1.82, 2.24) is 14.9 Å². The Morgan fingerprint density at radius 2 is 2.06 bits per heavy atom. The predicted octanol–water partition coefficient (Wildman–Crippen LogP) is 1.65. The number of rotatable bonds is 5. The molecule has 0 unspecified atom stereocenters. The van der Waals surface area contributed by atoms with Crippen LogP contribution in [0.4, 0.5) is 0 Å². The lowest BCUT2D eigenvalue weighted by Gasteiger charge is -2.14. The zero-order valence-electron chi connectivity index (χ0n) is 10.6. The summed E-state index contributed by atoms with van der Waals surface area (Å²) in [5.74, 6) is 0. The van der Waals surface area contributed by atoms with Crippen molar-refractivity contribution < 1.29 is 0 Å². The van der Waals surface area contributed by atoms with Crippen molar-refractivity contribution in [3.8, 4) is 0 Å². The molecule has 0 radical (unpaired) electrons. The van der Waals surface area contributed by atoms with Gasteiger partial charge in [0.2, 0.25) is 0 Å². The van der Waals surface area contributed by atoms with Gasteiger partial charge in [-0.25, -0.2) is 4.98 Å². The van der Waals surface area contributed by atoms with Crippen LogP contribution in [0.2, 0.25) is 0 Å². The quantitative estimate of drug-likeness (QED) is 0.764. The lowest BCUT2D eigenvalue weighted by atomic mass is 10.1. The molecule has 1 aliphatic carbocycles. The predicted molar refractivity (Wildman–Crippen MR) is 69.6 cm³/mol. The lowest BCUT2D eigenvalue weighted by Crippen LogP contribution is -2.27. The van der Waals surface area contributed by atoms with Gasteiger partial charge in [-0.15, -0.1) is 0 Å². The SMILES string of the molecule is NCCn1cnc(CNC2CCCCCC2)c1. The molecule has 1 fully saturated rings. The van der Waals surface area contributed by atoms with Gasteiger partial charge in [0, 0.05) is 31.9 Å². The molecule has 0 aliphatic heterocycles. The summed E-state index contributed by atoms with van der Waals surface area (Å²) < 4.78 is 2.06. The van der Waals surface area contributed by atoms with Crippen LogP contribution in [0, 0.1) is 0 Å². The lowest BCUT2D eigenvalue weighted by molar-refractivity contribution is 0.456. The van der Waals surface area contributed by atoms with Gasteiger partial charge < -0.3 is 15.6 Å². The molecule has 1 saturated carbocycles. The molecule has 1 heterocycles. The fraction of sp³-hybridized carbons (Fsp3) is 0.769. The summed E-state index contributed by atoms with van der Waals surface area (Å²) in [6.45, 7) is 2.42. The Labute approximate surface area is 104 Å². The molecule has 4 nitrogen and oxygen atoms in total. The Bertz CT molecular complexity index is 313. The minimum absolute atomic E-state index is 0.672. The van der Waals surface area contributed by atoms with Gasteiger partial charge in [-0.1, -0.05) is 25.7 Å². The summed E-state index contributed by atoms with van der Waals surface area (Å²) >= 11 is 0. The van der Waals surface area contributed by atoms with Gasteiger partial charge in [0.05, 0.1) is 12.0 Å². The Morgan fingerprint density at radius 1 is 1.29 bits per heavy atom. The monoisotopic (exact) mass is 236 g/mol. The average Bonchev–Trinajstić information content (AvgIpc) is 2.63. The molecule has 4 heteroatoms. The summed E-state index contributed by atoms with van der Waals surface area (Å²) in [6.07, 6.45) is 12.2. The Balaban J connectivity index is 1.75. The number of nitrogens with one attached hydrogen (secondary N) is 1. The minimum atomic E-state index is 0.672. The van der Waals surface area contributed by atoms with Crippen LogP contribution in [-0.4, -0.2) is 22.1 Å². The van der Waals surface area contributed by atoms with Gasteiger partial charge >= 0.3 is 0 Å². The van der Waals surface area contributed by atoms with Crippen molar-refractivity contribution in [3.63, 3.8) is 0 Å². The third kappa shape index (κ3) is 4.13. The van der Waals surface area contributed by atoms with Gasteiger partial charge in [0.25, 0.3) is 0 Å². The van der Waals surface area contributed by atoms with Gasteiger partial charge in [0.1, 0.15) is 0 Å². The van der Waals surface area contributed by atoms with Gasteiger partial charge in [-0.05, 0) is 12.8 Å². The fourth-order valence-corrected chi connectivity index (χ4v) is 2.50. The first-order chi connectivity index (χ1) is 8.38. The Hall–Kier alpha value is -0.870. The first kappa shape index (κ1) is 12.6. The molecule has 96 valence electrons. The molecule has 17 heavy (non-hydrogen) atoms. The smallest absolute Gasteiger partial charge is 0.0950 e. The first-order valence-electron chi connectivity index (χ1n) is 6.82. The zero-order chi connectivity index (χ0) is 11.9. The van der Waals surface area contributed by atoms with E-state index in [1.165, 1.54) is 38.5 Å². The molecule has 0 saturated heterocycles. The van der Waals surface area contributed by atoms with Gasteiger partial charge in [-0.2, -0.15) is 0 Å². The third-order valence-electron chi connectivity index (χ3n) is 3.50. The molecule has 2 rings (SSSR count). The van der Waals surface area contributed by atoms with Crippen molar-refractivity contribution in [2.24, 2.45) is 5.73 Å². The van der Waals surface area contributed by atoms with E-state index in [2.05, 4.69) is 21.1 Å². The zero-order valence-corrected chi connectivity index (χ0v) is 10.6. The van der Waals surface area contributed by atoms with Gasteiger partial charge in [-0.3, -0.25) is 0 Å². The van der Waals surface area contributed by atoms with Crippen LogP contribution in [0.3, 0.4) is 0 Å². The largest absolute Gasteiger partial charge is 0.336 e. The van der Waals surface area contributed by atoms with Crippen molar-refractivity contribution in [3.05, 3.63) is 18.2 Å². The Morgan fingerprint density at radius 3 is 2.76 bits per heavy atom. The first-order valence-corrected chi connectivity index (χ1v) is 6.82. The van der Waals surface area contributed by atoms with Crippen LogP contribution < -0.4 is 11.1 Å². The van der Waals surface area contributed by atoms with E-state index in [9.17, 15) is 0 Å². The second-order valence-electron chi connectivity index (χ2n) is 4.96. The summed E-state index contributed by atoms with van der Waals surface area (Å²) in [5, 5.41) is 3.63. The maximum absolute atomic E-state index is 5.51. The van der Waals surface area contributed by atoms with E-state index < -0.39 is 0 Å². The molecule has 1 aliphatic rings. The summed E-state index contributed by atoms with van der Waals surface area (Å²) in [5.41, 5.74) is 6.64. The van der Waals surface area contributed by atoms with E-state index >= 15 is 0 Å². The highest BCUT2D eigenvalue weighted by Gasteiger charge is 2.11. The molecule has 0 atom stereocenters. The van der Waals surface area contributed by atoms with E-state index in [0.29, 0.717) is 12.6 Å². The highest BCUT2D eigenvalue weighted by atomic mass is 15.1. The topological polar surface area (TPSA) is 55.9 Å². The maximum Gasteiger partial charge on any atom is 0.0950 e. The second-order valence-corrected chi connectivity index (χ2v) is 4.96. The summed E-state index contributed by atoms with van der Waals surface area (Å²) in [4.78, 5) is 4.39. The normalized spacial score (nSPS) is 18.2. The van der Waals surface area contributed by atoms with E-state index in [4.69, 9.17) is 5.73 Å². The number of hydrogen-bond acceptors (Lipinski definition) is 3. The van der Waals surface area contributed by atoms with Crippen molar-refractivity contribution in [2.45, 2.75) is 57.7 Å². The van der Waals surface area contributed by atoms with E-state index in [1.54, 1.807) is 0 Å². The van der Waals surface area contributed by atoms with Gasteiger partial charge in [0.15, 0.2) is 0 Å². The molecule has 0 aromatic carbocycles.